The minimum absolute atomic E-state index is 0.0481. The van der Waals surface area contributed by atoms with Crippen LogP contribution >= 0.6 is 0 Å². The highest BCUT2D eigenvalue weighted by atomic mass is 32.2. The molecule has 2 aromatic carbocycles. The van der Waals surface area contributed by atoms with E-state index in [1.807, 2.05) is 6.92 Å². The van der Waals surface area contributed by atoms with Crippen LogP contribution < -0.4 is 10.5 Å². The van der Waals surface area contributed by atoms with Gasteiger partial charge in [0.2, 0.25) is 10.0 Å². The van der Waals surface area contributed by atoms with Crippen LogP contribution in [0.3, 0.4) is 0 Å². The Bertz CT molecular complexity index is 715. The predicted molar refractivity (Wildman–Crippen MR) is 80.9 cm³/mol. The molecule has 21 heavy (non-hydrogen) atoms. The maximum Gasteiger partial charge on any atom is 0.238 e. The van der Waals surface area contributed by atoms with E-state index in [1.165, 1.54) is 18.2 Å². The Hall–Kier alpha value is -1.92. The van der Waals surface area contributed by atoms with Crippen molar-refractivity contribution in [2.24, 2.45) is 5.14 Å². The quantitative estimate of drug-likeness (QED) is 0.891. The van der Waals surface area contributed by atoms with Crippen molar-refractivity contribution in [1.82, 2.24) is 0 Å². The van der Waals surface area contributed by atoms with E-state index in [2.05, 4.69) is 5.32 Å². The lowest BCUT2D eigenvalue weighted by Crippen LogP contribution is -2.13. The number of rotatable bonds is 5. The first kappa shape index (κ1) is 15.5. The third-order valence-corrected chi connectivity index (χ3v) is 4.14. The van der Waals surface area contributed by atoms with Gasteiger partial charge in [-0.05, 0) is 36.8 Å². The van der Waals surface area contributed by atoms with Crippen molar-refractivity contribution in [2.45, 2.75) is 24.3 Å². The van der Waals surface area contributed by atoms with Crippen LogP contribution in [0.1, 0.15) is 24.9 Å². The van der Waals surface area contributed by atoms with Crippen molar-refractivity contribution in [3.05, 3.63) is 59.9 Å². The van der Waals surface area contributed by atoms with Crippen LogP contribution in [0, 0.1) is 5.82 Å². The molecule has 0 aromatic heterocycles. The van der Waals surface area contributed by atoms with E-state index in [9.17, 15) is 12.8 Å². The fraction of sp³-hybridized carbons (Fsp3) is 0.200. The van der Waals surface area contributed by atoms with Crippen molar-refractivity contribution in [3.8, 4) is 0 Å². The Morgan fingerprint density at radius 1 is 1.14 bits per heavy atom. The molecule has 0 aliphatic rings. The summed E-state index contributed by atoms with van der Waals surface area (Å²) in [4.78, 5) is 0.0481. The first-order valence-corrected chi connectivity index (χ1v) is 8.10. The Kier molecular flexibility index (Phi) is 4.59. The van der Waals surface area contributed by atoms with Crippen molar-refractivity contribution in [2.75, 3.05) is 5.32 Å². The van der Waals surface area contributed by atoms with Crippen molar-refractivity contribution in [3.63, 3.8) is 0 Å². The summed E-state index contributed by atoms with van der Waals surface area (Å²) < 4.78 is 36.2. The van der Waals surface area contributed by atoms with Gasteiger partial charge in [0.25, 0.3) is 0 Å². The normalized spacial score (nSPS) is 12.9. The summed E-state index contributed by atoms with van der Waals surface area (Å²) in [7, 11) is -3.70. The second-order valence-electron chi connectivity index (χ2n) is 4.70. The second kappa shape index (κ2) is 6.24. The van der Waals surface area contributed by atoms with E-state index in [1.54, 1.807) is 30.3 Å². The molecule has 1 atom stereocenters. The van der Waals surface area contributed by atoms with Gasteiger partial charge in [-0.1, -0.05) is 25.1 Å². The van der Waals surface area contributed by atoms with Gasteiger partial charge >= 0.3 is 0 Å². The molecule has 0 bridgehead atoms. The van der Waals surface area contributed by atoms with E-state index >= 15 is 0 Å². The zero-order valence-corrected chi connectivity index (χ0v) is 12.4. The van der Waals surface area contributed by atoms with Crippen molar-refractivity contribution in [1.29, 1.82) is 0 Å². The van der Waals surface area contributed by atoms with Gasteiger partial charge in [-0.3, -0.25) is 0 Å². The van der Waals surface area contributed by atoms with Gasteiger partial charge in [-0.2, -0.15) is 0 Å². The number of hydrogen-bond acceptors (Lipinski definition) is 3. The maximum absolute atomic E-state index is 13.8. The molecule has 0 fully saturated rings. The summed E-state index contributed by atoms with van der Waals surface area (Å²) in [6.45, 7) is 1.95. The molecule has 0 saturated heterocycles. The number of anilines is 1. The largest absolute Gasteiger partial charge is 0.378 e. The van der Waals surface area contributed by atoms with Crippen molar-refractivity contribution < 1.29 is 12.8 Å². The predicted octanol–water partition coefficient (Wildman–Crippen LogP) is 3.04. The molecule has 0 aliphatic heterocycles. The number of hydrogen-bond donors (Lipinski definition) is 2. The van der Waals surface area contributed by atoms with Gasteiger partial charge in [0.1, 0.15) is 5.82 Å². The van der Waals surface area contributed by atoms with Gasteiger partial charge < -0.3 is 5.32 Å². The van der Waals surface area contributed by atoms with Crippen LogP contribution in [0.25, 0.3) is 0 Å². The Labute approximate surface area is 123 Å². The zero-order valence-electron chi connectivity index (χ0n) is 11.6. The number of sulfonamides is 1. The molecule has 0 heterocycles. The molecular formula is C15H17FN2O2S. The minimum Gasteiger partial charge on any atom is -0.378 e. The molecule has 3 N–H and O–H groups in total. The summed E-state index contributed by atoms with van der Waals surface area (Å²) in [6, 6.07) is 12.5. The second-order valence-corrected chi connectivity index (χ2v) is 6.26. The van der Waals surface area contributed by atoms with E-state index < -0.39 is 10.0 Å². The van der Waals surface area contributed by atoms with Crippen LogP contribution in [-0.2, 0) is 10.0 Å². The van der Waals surface area contributed by atoms with Gasteiger partial charge in [-0.25, -0.2) is 17.9 Å². The molecule has 1 unspecified atom stereocenters. The standard InChI is InChI=1S/C15H17FN2O2S/c1-2-15(13-5-3-4-6-14(13)16)18-11-7-9-12(10-8-11)21(17,19)20/h3-10,15,18H,2H2,1H3,(H2,17,19,20). The Morgan fingerprint density at radius 3 is 2.29 bits per heavy atom. The van der Waals surface area contributed by atoms with Gasteiger partial charge in [0.05, 0.1) is 10.9 Å². The minimum atomic E-state index is -3.70. The smallest absolute Gasteiger partial charge is 0.238 e. The van der Waals surface area contributed by atoms with Crippen LogP contribution in [0.15, 0.2) is 53.4 Å². The monoisotopic (exact) mass is 308 g/mol. The van der Waals surface area contributed by atoms with Gasteiger partial charge in [0.15, 0.2) is 0 Å². The zero-order chi connectivity index (χ0) is 15.5. The van der Waals surface area contributed by atoms with Crippen molar-refractivity contribution >= 4 is 15.7 Å². The summed E-state index contributed by atoms with van der Waals surface area (Å²) in [6.07, 6.45) is 0.692. The molecular weight excluding hydrogens is 291 g/mol. The number of nitrogens with two attached hydrogens (primary N) is 1. The molecule has 0 aliphatic carbocycles. The molecule has 0 spiro atoms. The number of nitrogens with one attached hydrogen (secondary N) is 1. The molecule has 6 heteroatoms. The maximum atomic E-state index is 13.8. The molecule has 0 amide bonds. The first-order chi connectivity index (χ1) is 9.91. The van der Waals surface area contributed by atoms with E-state index in [4.69, 9.17) is 5.14 Å². The average molecular weight is 308 g/mol. The first-order valence-electron chi connectivity index (χ1n) is 6.55. The third kappa shape index (κ3) is 3.80. The molecule has 0 saturated carbocycles. The summed E-state index contributed by atoms with van der Waals surface area (Å²) in [5.41, 5.74) is 1.29. The summed E-state index contributed by atoms with van der Waals surface area (Å²) >= 11 is 0. The highest BCUT2D eigenvalue weighted by molar-refractivity contribution is 7.89. The Morgan fingerprint density at radius 2 is 1.76 bits per heavy atom. The van der Waals surface area contributed by atoms with E-state index in [0.29, 0.717) is 17.7 Å². The van der Waals surface area contributed by atoms with Gasteiger partial charge in [0, 0.05) is 11.3 Å². The fourth-order valence-corrected chi connectivity index (χ4v) is 2.61. The van der Waals surface area contributed by atoms with Gasteiger partial charge in [-0.15, -0.1) is 0 Å². The van der Waals surface area contributed by atoms with E-state index in [0.717, 1.165) is 0 Å². The van der Waals surface area contributed by atoms with Crippen LogP contribution in [-0.4, -0.2) is 8.42 Å². The van der Waals surface area contributed by atoms with Crippen LogP contribution in [0.5, 0.6) is 0 Å². The number of halogens is 1. The van der Waals surface area contributed by atoms with Crippen LogP contribution in [0.4, 0.5) is 10.1 Å². The third-order valence-electron chi connectivity index (χ3n) is 3.21. The fourth-order valence-electron chi connectivity index (χ4n) is 2.10. The summed E-state index contributed by atoms with van der Waals surface area (Å²) in [5.74, 6) is -0.266. The lowest BCUT2D eigenvalue weighted by Gasteiger charge is -2.19. The molecule has 112 valence electrons. The molecule has 2 aromatic rings. The Balaban J connectivity index is 2.22. The average Bonchev–Trinajstić information content (AvgIpc) is 2.45. The highest BCUT2D eigenvalue weighted by Crippen LogP contribution is 2.25. The molecule has 2 rings (SSSR count). The lowest BCUT2D eigenvalue weighted by atomic mass is 10.0. The molecule has 4 nitrogen and oxygen atoms in total. The number of primary sulfonamides is 1. The SMILES string of the molecule is CCC(Nc1ccc(S(N)(=O)=O)cc1)c1ccccc1F. The molecule has 0 radical (unpaired) electrons. The summed E-state index contributed by atoms with van der Waals surface area (Å²) in [5, 5.41) is 8.24. The van der Waals surface area contributed by atoms with Crippen LogP contribution in [0.2, 0.25) is 0 Å². The topological polar surface area (TPSA) is 72.2 Å². The number of benzene rings is 2. The van der Waals surface area contributed by atoms with E-state index in [-0.39, 0.29) is 16.8 Å². The highest BCUT2D eigenvalue weighted by Gasteiger charge is 2.14. The lowest BCUT2D eigenvalue weighted by molar-refractivity contribution is 0.587.